The summed E-state index contributed by atoms with van der Waals surface area (Å²) < 4.78 is 0. The summed E-state index contributed by atoms with van der Waals surface area (Å²) in [5.74, 6) is 0.0661. The molecule has 166 valence electrons. The molecule has 0 radical (unpaired) electrons. The number of carbonyl (C=O) groups excluding carboxylic acids is 2. The molecule has 1 aliphatic rings. The number of nitrogens with zero attached hydrogens (tertiary/aromatic N) is 3. The number of benzene rings is 2. The first kappa shape index (κ1) is 22.1. The number of carbonyl (C=O) groups is 2. The van der Waals surface area contributed by atoms with Gasteiger partial charge in [-0.1, -0.05) is 59.9 Å². The number of para-hydroxylation sites is 1. The zero-order chi connectivity index (χ0) is 22.2. The number of piperidine rings is 1. The summed E-state index contributed by atoms with van der Waals surface area (Å²) in [5.41, 5.74) is 2.08. The summed E-state index contributed by atoms with van der Waals surface area (Å²) in [6, 6.07) is 19.8. The van der Waals surface area contributed by atoms with Crippen molar-refractivity contribution in [2.45, 2.75) is 19.3 Å². The summed E-state index contributed by atoms with van der Waals surface area (Å²) in [5, 5.41) is 13.7. The molecule has 1 aromatic heterocycles. The lowest BCUT2D eigenvalue weighted by Gasteiger charge is -2.32. The van der Waals surface area contributed by atoms with Crippen LogP contribution in [-0.4, -0.2) is 53.1 Å². The summed E-state index contributed by atoms with van der Waals surface area (Å²) >= 11 is 0.996. The number of likely N-dealkylation sites (tertiary alicyclic amines) is 1. The van der Waals surface area contributed by atoms with Crippen molar-refractivity contribution in [2.24, 2.45) is 5.92 Å². The average Bonchev–Trinajstić information content (AvgIpc) is 3.32. The Balaban J connectivity index is 1.17. The van der Waals surface area contributed by atoms with Crippen molar-refractivity contribution in [3.05, 3.63) is 76.2 Å². The van der Waals surface area contributed by atoms with Gasteiger partial charge in [-0.15, -0.1) is 10.2 Å². The third-order valence-corrected chi connectivity index (χ3v) is 6.55. The van der Waals surface area contributed by atoms with Crippen LogP contribution in [-0.2, 0) is 6.42 Å². The van der Waals surface area contributed by atoms with Gasteiger partial charge in [-0.25, -0.2) is 0 Å². The van der Waals surface area contributed by atoms with Gasteiger partial charge in [0.1, 0.15) is 0 Å². The minimum absolute atomic E-state index is 0.166. The van der Waals surface area contributed by atoms with Gasteiger partial charge in [-0.3, -0.25) is 9.59 Å². The average molecular weight is 450 g/mol. The van der Waals surface area contributed by atoms with E-state index in [4.69, 9.17) is 0 Å². The lowest BCUT2D eigenvalue weighted by molar-refractivity contribution is 0.0941. The zero-order valence-electron chi connectivity index (χ0n) is 17.9. The van der Waals surface area contributed by atoms with Gasteiger partial charge in [0.2, 0.25) is 10.0 Å². The van der Waals surface area contributed by atoms with Gasteiger partial charge in [-0.05, 0) is 56.0 Å². The molecule has 0 unspecified atom stereocenters. The highest BCUT2D eigenvalue weighted by Crippen LogP contribution is 2.21. The lowest BCUT2D eigenvalue weighted by Crippen LogP contribution is -2.39. The number of aromatic nitrogens is 2. The Bertz CT molecular complexity index is 1020. The van der Waals surface area contributed by atoms with Gasteiger partial charge < -0.3 is 15.5 Å². The van der Waals surface area contributed by atoms with Crippen molar-refractivity contribution in [1.82, 2.24) is 20.4 Å². The van der Waals surface area contributed by atoms with Crippen molar-refractivity contribution in [3.8, 4) is 0 Å². The highest BCUT2D eigenvalue weighted by molar-refractivity contribution is 7.15. The van der Waals surface area contributed by atoms with Crippen LogP contribution in [0, 0.1) is 5.92 Å². The Morgan fingerprint density at radius 2 is 1.53 bits per heavy atom. The molecule has 2 aromatic carbocycles. The van der Waals surface area contributed by atoms with E-state index in [1.54, 1.807) is 12.1 Å². The van der Waals surface area contributed by atoms with E-state index in [1.807, 2.05) is 18.2 Å². The summed E-state index contributed by atoms with van der Waals surface area (Å²) in [6.07, 6.45) is 3.50. The van der Waals surface area contributed by atoms with E-state index < -0.39 is 0 Å². The largest absolute Gasteiger partial charge is 0.349 e. The number of rotatable bonds is 8. The molecule has 0 saturated carbocycles. The van der Waals surface area contributed by atoms with Crippen LogP contribution in [0.25, 0.3) is 0 Å². The summed E-state index contributed by atoms with van der Waals surface area (Å²) in [6.45, 7) is 3.46. The first-order valence-electron chi connectivity index (χ1n) is 10.9. The Morgan fingerprint density at radius 3 is 2.22 bits per heavy atom. The Labute approximate surface area is 191 Å². The molecule has 3 aromatic rings. The molecular formula is C24H27N5O2S. The predicted octanol–water partition coefficient (Wildman–Crippen LogP) is 3.47. The van der Waals surface area contributed by atoms with Crippen LogP contribution in [0.1, 0.15) is 38.0 Å². The SMILES string of the molecule is O=C(NCCN1CCC(Cc2ccccc2)CC1)c1nnc(C(=O)Nc2ccccc2)s1. The summed E-state index contributed by atoms with van der Waals surface area (Å²) in [4.78, 5) is 27.0. The second-order valence-corrected chi connectivity index (χ2v) is 8.94. The van der Waals surface area contributed by atoms with Gasteiger partial charge in [-0.2, -0.15) is 0 Å². The molecule has 7 nitrogen and oxygen atoms in total. The number of hydrogen-bond donors (Lipinski definition) is 2. The van der Waals surface area contributed by atoms with Crippen molar-refractivity contribution < 1.29 is 9.59 Å². The molecule has 1 fully saturated rings. The van der Waals surface area contributed by atoms with E-state index in [9.17, 15) is 9.59 Å². The molecule has 1 saturated heterocycles. The summed E-state index contributed by atoms with van der Waals surface area (Å²) in [7, 11) is 0. The maximum atomic E-state index is 12.4. The molecule has 2 heterocycles. The lowest BCUT2D eigenvalue weighted by atomic mass is 9.90. The number of amides is 2. The standard InChI is InChI=1S/C24H27N5O2S/c30-21(23-27-28-24(32-23)22(31)26-20-9-5-2-6-10-20)25-13-16-29-14-11-19(12-15-29)17-18-7-3-1-4-8-18/h1-10,19H,11-17H2,(H,25,30)(H,26,31). The molecule has 8 heteroatoms. The van der Waals surface area contributed by atoms with E-state index in [0.717, 1.165) is 43.3 Å². The van der Waals surface area contributed by atoms with Crippen LogP contribution >= 0.6 is 11.3 Å². The van der Waals surface area contributed by atoms with E-state index >= 15 is 0 Å². The maximum absolute atomic E-state index is 12.4. The number of anilines is 1. The van der Waals surface area contributed by atoms with Crippen LogP contribution < -0.4 is 10.6 Å². The van der Waals surface area contributed by atoms with Gasteiger partial charge in [0.15, 0.2) is 0 Å². The molecule has 0 aliphatic carbocycles. The maximum Gasteiger partial charge on any atom is 0.286 e. The molecule has 0 spiro atoms. The third-order valence-electron chi connectivity index (χ3n) is 5.63. The Morgan fingerprint density at radius 1 is 0.906 bits per heavy atom. The normalized spacial score (nSPS) is 14.8. The van der Waals surface area contributed by atoms with Gasteiger partial charge in [0, 0.05) is 18.8 Å². The van der Waals surface area contributed by atoms with Crippen molar-refractivity contribution in [1.29, 1.82) is 0 Å². The quantitative estimate of drug-likeness (QED) is 0.550. The smallest absolute Gasteiger partial charge is 0.286 e. The fraction of sp³-hybridized carbons (Fsp3) is 0.333. The van der Waals surface area contributed by atoms with Gasteiger partial charge in [0.05, 0.1) is 0 Å². The minimum Gasteiger partial charge on any atom is -0.349 e. The molecule has 0 atom stereocenters. The molecule has 2 amide bonds. The molecule has 4 rings (SSSR count). The molecule has 0 bridgehead atoms. The van der Waals surface area contributed by atoms with Crippen LogP contribution in [0.2, 0.25) is 0 Å². The molecule has 32 heavy (non-hydrogen) atoms. The van der Waals surface area contributed by atoms with E-state index in [1.165, 1.54) is 18.4 Å². The van der Waals surface area contributed by atoms with Crippen LogP contribution in [0.15, 0.2) is 60.7 Å². The predicted molar refractivity (Wildman–Crippen MR) is 126 cm³/mol. The van der Waals surface area contributed by atoms with E-state index in [2.05, 4.69) is 56.1 Å². The Hall–Kier alpha value is -3.10. The van der Waals surface area contributed by atoms with E-state index in [-0.39, 0.29) is 21.8 Å². The highest BCUT2D eigenvalue weighted by Gasteiger charge is 2.20. The van der Waals surface area contributed by atoms with Crippen LogP contribution in [0.4, 0.5) is 5.69 Å². The second kappa shape index (κ2) is 11.0. The van der Waals surface area contributed by atoms with Crippen LogP contribution in [0.3, 0.4) is 0 Å². The first-order valence-corrected chi connectivity index (χ1v) is 11.7. The third kappa shape index (κ3) is 6.21. The molecular weight excluding hydrogens is 422 g/mol. The van der Waals surface area contributed by atoms with Crippen molar-refractivity contribution in [2.75, 3.05) is 31.5 Å². The van der Waals surface area contributed by atoms with Crippen molar-refractivity contribution in [3.63, 3.8) is 0 Å². The van der Waals surface area contributed by atoms with E-state index in [0.29, 0.717) is 12.2 Å². The van der Waals surface area contributed by atoms with Crippen LogP contribution in [0.5, 0.6) is 0 Å². The monoisotopic (exact) mass is 449 g/mol. The van der Waals surface area contributed by atoms with Gasteiger partial charge in [0.25, 0.3) is 11.8 Å². The topological polar surface area (TPSA) is 87.2 Å². The second-order valence-electron chi connectivity index (χ2n) is 7.96. The minimum atomic E-state index is -0.369. The Kier molecular flexibility index (Phi) is 7.58. The fourth-order valence-electron chi connectivity index (χ4n) is 3.88. The molecule has 2 N–H and O–H groups in total. The van der Waals surface area contributed by atoms with Crippen molar-refractivity contribution >= 4 is 28.8 Å². The zero-order valence-corrected chi connectivity index (χ0v) is 18.7. The number of hydrogen-bond acceptors (Lipinski definition) is 6. The highest BCUT2D eigenvalue weighted by atomic mass is 32.1. The van der Waals surface area contributed by atoms with Gasteiger partial charge >= 0.3 is 0 Å². The fourth-order valence-corrected chi connectivity index (χ4v) is 4.53. The number of nitrogens with one attached hydrogen (secondary N) is 2. The molecule has 1 aliphatic heterocycles. The first-order chi connectivity index (χ1) is 15.7.